The summed E-state index contributed by atoms with van der Waals surface area (Å²) in [6.07, 6.45) is -0.586. The molecule has 2 N–H and O–H groups in total. The Kier molecular flexibility index (Phi) is 5.73. The summed E-state index contributed by atoms with van der Waals surface area (Å²) in [5.41, 5.74) is 8.66. The third-order valence-corrected chi connectivity index (χ3v) is 2.29. The highest BCUT2D eigenvalue weighted by molar-refractivity contribution is 5.29. The standard InChI is InChI=1S/C12H15N3O3/c1-2-7-18-10-5-3-9(4-6-10)12(17)11(16)8-14-15-13/h2-6,11-12,16-17H,1,7-8H2. The van der Waals surface area contributed by atoms with Gasteiger partial charge in [-0.25, -0.2) is 0 Å². The molecule has 0 radical (unpaired) electrons. The first-order chi connectivity index (χ1) is 8.69. The van der Waals surface area contributed by atoms with Crippen molar-refractivity contribution in [2.24, 2.45) is 5.11 Å². The zero-order chi connectivity index (χ0) is 13.4. The van der Waals surface area contributed by atoms with E-state index in [1.54, 1.807) is 30.3 Å². The van der Waals surface area contributed by atoms with Gasteiger partial charge in [-0.2, -0.15) is 0 Å². The van der Waals surface area contributed by atoms with Crippen molar-refractivity contribution in [1.82, 2.24) is 0 Å². The highest BCUT2D eigenvalue weighted by atomic mass is 16.5. The average Bonchev–Trinajstić information content (AvgIpc) is 2.42. The van der Waals surface area contributed by atoms with Crippen LogP contribution in [-0.2, 0) is 0 Å². The predicted molar refractivity (Wildman–Crippen MR) is 67.1 cm³/mol. The van der Waals surface area contributed by atoms with Gasteiger partial charge in [-0.05, 0) is 23.2 Å². The lowest BCUT2D eigenvalue weighted by atomic mass is 10.0. The molecule has 0 spiro atoms. The van der Waals surface area contributed by atoms with Crippen molar-refractivity contribution < 1.29 is 14.9 Å². The monoisotopic (exact) mass is 249 g/mol. The molecule has 0 saturated carbocycles. The molecule has 0 saturated heterocycles. The van der Waals surface area contributed by atoms with E-state index in [0.29, 0.717) is 17.9 Å². The van der Waals surface area contributed by atoms with Crippen molar-refractivity contribution in [3.63, 3.8) is 0 Å². The molecule has 2 unspecified atom stereocenters. The van der Waals surface area contributed by atoms with Crippen LogP contribution in [0.2, 0.25) is 0 Å². The maximum Gasteiger partial charge on any atom is 0.119 e. The minimum absolute atomic E-state index is 0.174. The van der Waals surface area contributed by atoms with Gasteiger partial charge in [0.25, 0.3) is 0 Å². The van der Waals surface area contributed by atoms with Gasteiger partial charge < -0.3 is 14.9 Å². The number of benzene rings is 1. The largest absolute Gasteiger partial charge is 0.490 e. The molecule has 0 aromatic heterocycles. The van der Waals surface area contributed by atoms with E-state index in [1.165, 1.54) is 0 Å². The highest BCUT2D eigenvalue weighted by Gasteiger charge is 2.17. The van der Waals surface area contributed by atoms with Crippen LogP contribution < -0.4 is 4.74 Å². The van der Waals surface area contributed by atoms with E-state index in [9.17, 15) is 10.2 Å². The summed E-state index contributed by atoms with van der Waals surface area (Å²) in [7, 11) is 0. The number of rotatable bonds is 7. The second-order valence-electron chi connectivity index (χ2n) is 3.59. The summed E-state index contributed by atoms with van der Waals surface area (Å²) in [4.78, 5) is 2.52. The first kappa shape index (κ1) is 14.1. The van der Waals surface area contributed by atoms with Gasteiger partial charge in [0.1, 0.15) is 18.5 Å². The zero-order valence-electron chi connectivity index (χ0n) is 9.81. The number of aliphatic hydroxyl groups is 2. The topological polar surface area (TPSA) is 98.5 Å². The van der Waals surface area contributed by atoms with E-state index < -0.39 is 12.2 Å². The summed E-state index contributed by atoms with van der Waals surface area (Å²) in [6, 6.07) is 6.65. The molecular formula is C12H15N3O3. The lowest BCUT2D eigenvalue weighted by molar-refractivity contribution is 0.0244. The molecule has 0 amide bonds. The number of hydrogen-bond acceptors (Lipinski definition) is 4. The molecule has 1 rings (SSSR count). The number of nitrogens with zero attached hydrogens (tertiary/aromatic N) is 3. The van der Waals surface area contributed by atoms with Crippen molar-refractivity contribution >= 4 is 0 Å². The maximum absolute atomic E-state index is 9.79. The van der Waals surface area contributed by atoms with E-state index >= 15 is 0 Å². The lowest BCUT2D eigenvalue weighted by Crippen LogP contribution is -2.21. The van der Waals surface area contributed by atoms with Crippen LogP contribution >= 0.6 is 0 Å². The van der Waals surface area contributed by atoms with Gasteiger partial charge in [-0.1, -0.05) is 29.9 Å². The minimum Gasteiger partial charge on any atom is -0.490 e. The molecule has 0 fully saturated rings. The van der Waals surface area contributed by atoms with Crippen LogP contribution in [0.25, 0.3) is 10.4 Å². The minimum atomic E-state index is -1.12. The van der Waals surface area contributed by atoms with Crippen molar-refractivity contribution in [2.45, 2.75) is 12.2 Å². The summed E-state index contributed by atoms with van der Waals surface area (Å²) >= 11 is 0. The molecule has 0 heterocycles. The van der Waals surface area contributed by atoms with Crippen molar-refractivity contribution in [2.75, 3.05) is 13.2 Å². The van der Waals surface area contributed by atoms with Crippen LogP contribution in [0, 0.1) is 0 Å². The number of hydrogen-bond donors (Lipinski definition) is 2. The first-order valence-electron chi connectivity index (χ1n) is 5.39. The van der Waals surface area contributed by atoms with Crippen LogP contribution in [-0.4, -0.2) is 29.5 Å². The van der Waals surface area contributed by atoms with Crippen LogP contribution in [0.5, 0.6) is 5.75 Å². The van der Waals surface area contributed by atoms with E-state index in [4.69, 9.17) is 10.3 Å². The zero-order valence-corrected chi connectivity index (χ0v) is 9.81. The fraction of sp³-hybridized carbons (Fsp3) is 0.333. The summed E-state index contributed by atoms with van der Waals surface area (Å²) in [5.74, 6) is 0.649. The van der Waals surface area contributed by atoms with Gasteiger partial charge in [-0.3, -0.25) is 0 Å². The molecule has 96 valence electrons. The smallest absolute Gasteiger partial charge is 0.119 e. The van der Waals surface area contributed by atoms with Crippen LogP contribution in [0.3, 0.4) is 0 Å². The van der Waals surface area contributed by atoms with Gasteiger partial charge >= 0.3 is 0 Å². The molecule has 1 aromatic carbocycles. The molecular weight excluding hydrogens is 234 g/mol. The normalized spacial score (nSPS) is 13.2. The SMILES string of the molecule is C=CCOc1ccc(C(O)C(O)CN=[N+]=[N-])cc1. The fourth-order valence-corrected chi connectivity index (χ4v) is 1.36. The number of aliphatic hydroxyl groups excluding tert-OH is 2. The molecule has 2 atom stereocenters. The average molecular weight is 249 g/mol. The first-order valence-corrected chi connectivity index (χ1v) is 5.39. The van der Waals surface area contributed by atoms with Gasteiger partial charge in [-0.15, -0.1) is 0 Å². The molecule has 0 aliphatic rings. The fourth-order valence-electron chi connectivity index (χ4n) is 1.36. The Balaban J connectivity index is 2.65. The van der Waals surface area contributed by atoms with E-state index in [-0.39, 0.29) is 6.54 Å². The quantitative estimate of drug-likeness (QED) is 0.334. The molecule has 6 nitrogen and oxygen atoms in total. The highest BCUT2D eigenvalue weighted by Crippen LogP contribution is 2.20. The van der Waals surface area contributed by atoms with Crippen molar-refractivity contribution in [3.05, 3.63) is 52.9 Å². The molecule has 18 heavy (non-hydrogen) atoms. The Morgan fingerprint density at radius 2 is 2.06 bits per heavy atom. The van der Waals surface area contributed by atoms with Gasteiger partial charge in [0.05, 0.1) is 12.6 Å². The Bertz CT molecular complexity index is 427. The molecule has 0 aliphatic heterocycles. The third-order valence-electron chi connectivity index (χ3n) is 2.29. The Morgan fingerprint density at radius 3 is 2.61 bits per heavy atom. The van der Waals surface area contributed by atoms with Crippen molar-refractivity contribution in [3.8, 4) is 5.75 Å². The van der Waals surface area contributed by atoms with E-state index in [0.717, 1.165) is 0 Å². The van der Waals surface area contributed by atoms with E-state index in [2.05, 4.69) is 16.6 Å². The predicted octanol–water partition coefficient (Wildman–Crippen LogP) is 1.96. The summed E-state index contributed by atoms with van der Waals surface area (Å²) in [6.45, 7) is 3.77. The molecule has 1 aromatic rings. The lowest BCUT2D eigenvalue weighted by Gasteiger charge is -2.16. The summed E-state index contributed by atoms with van der Waals surface area (Å²) < 4.78 is 5.29. The number of ether oxygens (including phenoxy) is 1. The third kappa shape index (κ3) is 4.10. The van der Waals surface area contributed by atoms with Gasteiger partial charge in [0, 0.05) is 4.91 Å². The second kappa shape index (κ2) is 7.34. The van der Waals surface area contributed by atoms with Crippen LogP contribution in [0.4, 0.5) is 0 Å². The van der Waals surface area contributed by atoms with E-state index in [1.807, 2.05) is 0 Å². The number of azide groups is 1. The van der Waals surface area contributed by atoms with Gasteiger partial charge in [0.2, 0.25) is 0 Å². The van der Waals surface area contributed by atoms with Crippen molar-refractivity contribution in [1.29, 1.82) is 0 Å². The molecule has 0 aliphatic carbocycles. The maximum atomic E-state index is 9.79. The van der Waals surface area contributed by atoms with Crippen LogP contribution in [0.1, 0.15) is 11.7 Å². The Labute approximate surface area is 105 Å². The molecule has 0 bridgehead atoms. The van der Waals surface area contributed by atoms with Crippen LogP contribution in [0.15, 0.2) is 42.0 Å². The van der Waals surface area contributed by atoms with Gasteiger partial charge in [0.15, 0.2) is 0 Å². The Hall–Kier alpha value is -2.01. The second-order valence-corrected chi connectivity index (χ2v) is 3.59. The Morgan fingerprint density at radius 1 is 1.39 bits per heavy atom. The summed E-state index contributed by atoms with van der Waals surface area (Å²) in [5, 5.41) is 22.6. The molecule has 6 heteroatoms.